The molecule has 0 aliphatic rings. The molecule has 0 aliphatic heterocycles. The summed E-state index contributed by atoms with van der Waals surface area (Å²) >= 11 is 17.7. The van der Waals surface area contributed by atoms with E-state index in [0.29, 0.717) is 33.1 Å². The Balaban J connectivity index is 1.44. The molecule has 1 N–H and O–H groups in total. The molecular formula is C24H18Cl3NO4. The summed E-state index contributed by atoms with van der Waals surface area (Å²) < 4.78 is 10.7. The summed E-state index contributed by atoms with van der Waals surface area (Å²) in [5.74, 6) is -0.491. The molecule has 0 spiro atoms. The second-order valence-corrected chi connectivity index (χ2v) is 7.88. The van der Waals surface area contributed by atoms with E-state index in [1.807, 2.05) is 24.3 Å². The molecule has 1 amide bonds. The second-order valence-electron chi connectivity index (χ2n) is 6.60. The maximum Gasteiger partial charge on any atom is 0.331 e. The number of hydrogen-bond donors (Lipinski definition) is 1. The highest BCUT2D eigenvalue weighted by Crippen LogP contribution is 2.25. The lowest BCUT2D eigenvalue weighted by Crippen LogP contribution is -2.20. The molecule has 0 saturated heterocycles. The van der Waals surface area contributed by atoms with Crippen LogP contribution in [0, 0.1) is 0 Å². The average Bonchev–Trinajstić information content (AvgIpc) is 2.79. The van der Waals surface area contributed by atoms with Crippen LogP contribution >= 0.6 is 34.8 Å². The number of carbonyl (C=O) groups is 2. The van der Waals surface area contributed by atoms with Gasteiger partial charge in [0.1, 0.15) is 12.4 Å². The zero-order valence-electron chi connectivity index (χ0n) is 16.7. The molecule has 0 heterocycles. The molecule has 32 heavy (non-hydrogen) atoms. The van der Waals surface area contributed by atoms with Gasteiger partial charge >= 0.3 is 5.97 Å². The van der Waals surface area contributed by atoms with Crippen LogP contribution in [0.4, 0.5) is 5.69 Å². The Labute approximate surface area is 200 Å². The molecule has 0 unspecified atom stereocenters. The van der Waals surface area contributed by atoms with Gasteiger partial charge in [0.05, 0.1) is 10.7 Å². The van der Waals surface area contributed by atoms with Crippen molar-refractivity contribution in [1.82, 2.24) is 0 Å². The van der Waals surface area contributed by atoms with Crippen molar-refractivity contribution in [3.63, 3.8) is 0 Å². The molecule has 8 heteroatoms. The number of amides is 1. The van der Waals surface area contributed by atoms with Crippen molar-refractivity contribution in [2.45, 2.75) is 6.61 Å². The van der Waals surface area contributed by atoms with Crippen LogP contribution in [0.1, 0.15) is 11.1 Å². The van der Waals surface area contributed by atoms with Gasteiger partial charge in [-0.2, -0.15) is 0 Å². The van der Waals surface area contributed by atoms with Gasteiger partial charge in [-0.15, -0.1) is 0 Å². The molecule has 164 valence electrons. The maximum absolute atomic E-state index is 11.9. The minimum absolute atomic E-state index is 0.328. The molecule has 0 bridgehead atoms. The van der Waals surface area contributed by atoms with E-state index in [-0.39, 0.29) is 0 Å². The monoisotopic (exact) mass is 489 g/mol. The predicted molar refractivity (Wildman–Crippen MR) is 127 cm³/mol. The third-order valence-electron chi connectivity index (χ3n) is 4.16. The maximum atomic E-state index is 11.9. The number of esters is 1. The predicted octanol–water partition coefficient (Wildman–Crippen LogP) is 6.42. The van der Waals surface area contributed by atoms with Crippen molar-refractivity contribution < 1.29 is 19.1 Å². The smallest absolute Gasteiger partial charge is 0.331 e. The van der Waals surface area contributed by atoms with Crippen molar-refractivity contribution in [3.8, 4) is 5.75 Å². The van der Waals surface area contributed by atoms with E-state index in [0.717, 1.165) is 11.1 Å². The van der Waals surface area contributed by atoms with E-state index < -0.39 is 18.5 Å². The third kappa shape index (κ3) is 7.61. The van der Waals surface area contributed by atoms with E-state index >= 15 is 0 Å². The van der Waals surface area contributed by atoms with E-state index in [4.69, 9.17) is 44.3 Å². The molecule has 0 aromatic heterocycles. The van der Waals surface area contributed by atoms with Crippen LogP contribution in [-0.4, -0.2) is 18.5 Å². The fourth-order valence-electron chi connectivity index (χ4n) is 2.55. The van der Waals surface area contributed by atoms with Gasteiger partial charge in [0.15, 0.2) is 6.61 Å². The highest BCUT2D eigenvalue weighted by atomic mass is 35.5. The van der Waals surface area contributed by atoms with E-state index in [2.05, 4.69) is 5.32 Å². The summed E-state index contributed by atoms with van der Waals surface area (Å²) in [7, 11) is 0. The first-order chi connectivity index (χ1) is 15.4. The van der Waals surface area contributed by atoms with Gasteiger partial charge in [-0.25, -0.2) is 4.79 Å². The summed E-state index contributed by atoms with van der Waals surface area (Å²) in [4.78, 5) is 23.8. The number of benzene rings is 3. The second kappa shape index (κ2) is 11.6. The van der Waals surface area contributed by atoms with Crippen molar-refractivity contribution in [2.24, 2.45) is 0 Å². The van der Waals surface area contributed by atoms with Gasteiger partial charge in [-0.3, -0.25) is 4.79 Å². The Bertz CT molecular complexity index is 1110. The topological polar surface area (TPSA) is 64.6 Å². The van der Waals surface area contributed by atoms with Gasteiger partial charge < -0.3 is 14.8 Å². The highest BCUT2D eigenvalue weighted by Gasteiger charge is 2.09. The Morgan fingerprint density at radius 2 is 1.56 bits per heavy atom. The van der Waals surface area contributed by atoms with Crippen LogP contribution in [0.2, 0.25) is 15.1 Å². The molecule has 0 radical (unpaired) electrons. The molecule has 0 aliphatic carbocycles. The zero-order chi connectivity index (χ0) is 22.9. The zero-order valence-corrected chi connectivity index (χ0v) is 19.0. The van der Waals surface area contributed by atoms with Crippen LogP contribution in [0.15, 0.2) is 72.8 Å². The fourth-order valence-corrected chi connectivity index (χ4v) is 3.01. The lowest BCUT2D eigenvalue weighted by atomic mass is 10.2. The van der Waals surface area contributed by atoms with Gasteiger partial charge in [0, 0.05) is 16.1 Å². The summed E-state index contributed by atoms with van der Waals surface area (Å²) in [5.41, 5.74) is 2.12. The van der Waals surface area contributed by atoms with Crippen LogP contribution in [0.5, 0.6) is 5.75 Å². The summed E-state index contributed by atoms with van der Waals surface area (Å²) in [5, 5.41) is 3.96. The number of hydrogen-bond acceptors (Lipinski definition) is 4. The van der Waals surface area contributed by atoms with Gasteiger partial charge in [0.25, 0.3) is 5.91 Å². The molecule has 0 fully saturated rings. The van der Waals surface area contributed by atoms with Crippen LogP contribution in [0.3, 0.4) is 0 Å². The Hall–Kier alpha value is -2.99. The lowest BCUT2D eigenvalue weighted by molar-refractivity contribution is -0.142. The van der Waals surface area contributed by atoms with Gasteiger partial charge in [-0.05, 0) is 59.7 Å². The number of rotatable bonds is 8. The quantitative estimate of drug-likeness (QED) is 0.292. The Morgan fingerprint density at radius 1 is 0.875 bits per heavy atom. The number of carbonyl (C=O) groups excluding carboxylic acids is 2. The van der Waals surface area contributed by atoms with Gasteiger partial charge in [-0.1, -0.05) is 59.1 Å². The first-order valence-electron chi connectivity index (χ1n) is 9.46. The molecule has 3 aromatic rings. The minimum atomic E-state index is -0.652. The van der Waals surface area contributed by atoms with E-state index in [9.17, 15) is 9.59 Å². The van der Waals surface area contributed by atoms with Crippen LogP contribution in [0.25, 0.3) is 6.08 Å². The summed E-state index contributed by atoms with van der Waals surface area (Å²) in [6.07, 6.45) is 2.82. The summed E-state index contributed by atoms with van der Waals surface area (Å²) in [6, 6.07) is 19.3. The summed E-state index contributed by atoms with van der Waals surface area (Å²) in [6.45, 7) is -0.0371. The van der Waals surface area contributed by atoms with Crippen LogP contribution in [-0.2, 0) is 20.9 Å². The number of halogens is 3. The number of nitrogens with one attached hydrogen (secondary N) is 1. The normalized spacial score (nSPS) is 10.7. The average molecular weight is 491 g/mol. The van der Waals surface area contributed by atoms with Crippen molar-refractivity contribution in [1.29, 1.82) is 0 Å². The molecule has 3 aromatic carbocycles. The Kier molecular flexibility index (Phi) is 8.56. The molecule has 0 atom stereocenters. The lowest BCUT2D eigenvalue weighted by Gasteiger charge is -2.07. The SMILES string of the molecule is O=C(COC(=O)C=Cc1ccc(OCc2ccc(Cl)cc2)cc1)Nc1cc(Cl)ccc1Cl. The molecule has 0 saturated carbocycles. The first-order valence-corrected chi connectivity index (χ1v) is 10.6. The molecular weight excluding hydrogens is 473 g/mol. The van der Waals surface area contributed by atoms with Crippen molar-refractivity contribution >= 4 is 58.4 Å². The van der Waals surface area contributed by atoms with Gasteiger partial charge in [0.2, 0.25) is 0 Å². The number of ether oxygens (including phenoxy) is 2. The Morgan fingerprint density at radius 3 is 2.28 bits per heavy atom. The van der Waals surface area contributed by atoms with Crippen molar-refractivity contribution in [2.75, 3.05) is 11.9 Å². The van der Waals surface area contributed by atoms with E-state index in [1.54, 1.807) is 42.5 Å². The van der Waals surface area contributed by atoms with Crippen molar-refractivity contribution in [3.05, 3.63) is 99.0 Å². The van der Waals surface area contributed by atoms with Crippen LogP contribution < -0.4 is 10.1 Å². The highest BCUT2D eigenvalue weighted by molar-refractivity contribution is 6.35. The van der Waals surface area contributed by atoms with E-state index in [1.165, 1.54) is 12.1 Å². The first kappa shape index (κ1) is 23.7. The number of anilines is 1. The largest absolute Gasteiger partial charge is 0.489 e. The molecule has 3 rings (SSSR count). The molecule has 5 nitrogen and oxygen atoms in total. The fraction of sp³-hybridized carbons (Fsp3) is 0.0833. The minimum Gasteiger partial charge on any atom is -0.489 e. The third-order valence-corrected chi connectivity index (χ3v) is 4.98. The standard InChI is InChI=1S/C24H18Cl3NO4/c25-18-6-1-17(2-7-18)14-31-20-9-3-16(4-10-20)5-12-24(30)32-15-23(29)28-22-13-19(26)8-11-21(22)27/h1-13H,14-15H2,(H,28,29).